The van der Waals surface area contributed by atoms with Crippen LogP contribution in [0.1, 0.15) is 271 Å². The van der Waals surface area contributed by atoms with Crippen molar-refractivity contribution in [1.29, 1.82) is 0 Å². The van der Waals surface area contributed by atoms with Crippen molar-refractivity contribution in [2.45, 2.75) is 320 Å². The van der Waals surface area contributed by atoms with Gasteiger partial charge in [0.1, 0.15) is 24.4 Å². The lowest BCUT2D eigenvalue weighted by atomic mass is 9.99. The van der Waals surface area contributed by atoms with Gasteiger partial charge in [0.05, 0.1) is 25.4 Å². The number of hydrogen-bond donors (Lipinski definition) is 6. The van der Waals surface area contributed by atoms with Gasteiger partial charge in [-0.3, -0.25) is 9.59 Å². The lowest BCUT2D eigenvalue weighted by Gasteiger charge is -2.41. The number of aliphatic hydroxyl groups is 5. The fraction of sp³-hybridized carbons (Fsp3) is 0.765. The summed E-state index contributed by atoms with van der Waals surface area (Å²) in [6, 6.07) is -1.03. The lowest BCUT2D eigenvalue weighted by Crippen LogP contribution is -2.61. The van der Waals surface area contributed by atoms with Crippen LogP contribution in [-0.2, 0) is 23.8 Å². The van der Waals surface area contributed by atoms with E-state index in [1.807, 2.05) is 24.3 Å². The third-order valence-corrected chi connectivity index (χ3v) is 14.8. The van der Waals surface area contributed by atoms with E-state index in [4.69, 9.17) is 14.2 Å². The Labute approximate surface area is 483 Å². The Balaban J connectivity index is 2.57. The van der Waals surface area contributed by atoms with Gasteiger partial charge < -0.3 is 45.1 Å². The van der Waals surface area contributed by atoms with Crippen molar-refractivity contribution in [3.05, 3.63) is 85.1 Å². The maximum Gasteiger partial charge on any atom is 0.306 e. The highest BCUT2D eigenvalue weighted by Crippen LogP contribution is 2.26. The topological polar surface area (TPSA) is 175 Å². The van der Waals surface area contributed by atoms with Crippen LogP contribution in [0.5, 0.6) is 0 Å². The number of rotatable bonds is 54. The summed E-state index contributed by atoms with van der Waals surface area (Å²) in [7, 11) is 0. The first-order valence-electron chi connectivity index (χ1n) is 32.4. The largest absolute Gasteiger partial charge is 0.454 e. The summed E-state index contributed by atoms with van der Waals surface area (Å²) >= 11 is 0. The molecule has 0 spiro atoms. The summed E-state index contributed by atoms with van der Waals surface area (Å²) in [5.74, 6) is -1.22. The number of amides is 1. The van der Waals surface area contributed by atoms with Crippen LogP contribution in [0.15, 0.2) is 85.1 Å². The average molecular weight is 1110 g/mol. The van der Waals surface area contributed by atoms with E-state index in [1.54, 1.807) is 6.08 Å². The Morgan fingerprint density at radius 1 is 0.519 bits per heavy atom. The number of allylic oxidation sites excluding steroid dienone is 13. The smallest absolute Gasteiger partial charge is 0.306 e. The van der Waals surface area contributed by atoms with E-state index in [9.17, 15) is 35.1 Å². The summed E-state index contributed by atoms with van der Waals surface area (Å²) in [6.45, 7) is 5.61. The van der Waals surface area contributed by atoms with Gasteiger partial charge in [-0.1, -0.05) is 266 Å². The molecule has 11 heteroatoms. The van der Waals surface area contributed by atoms with E-state index in [0.29, 0.717) is 12.8 Å². The second-order valence-corrected chi connectivity index (χ2v) is 22.2. The highest BCUT2D eigenvalue weighted by molar-refractivity contribution is 5.80. The minimum absolute atomic E-state index is 0.0980. The van der Waals surface area contributed by atoms with E-state index in [0.717, 1.165) is 89.9 Å². The normalized spacial score (nSPS) is 19.4. The van der Waals surface area contributed by atoms with Crippen LogP contribution in [0.3, 0.4) is 0 Å². The molecular weight excluding hydrogens is 991 g/mol. The number of hydrogen-bond acceptors (Lipinski definition) is 10. The molecule has 1 aliphatic heterocycles. The predicted molar refractivity (Wildman–Crippen MR) is 329 cm³/mol. The standard InChI is InChI=1S/C68H119NO10/c1-4-7-10-13-16-19-22-24-25-26-27-28-29-30-31-32-33-34-35-36-38-40-43-46-49-52-55-61(72)67(76)69-59(60(71)54-51-48-45-42-39-21-18-15-12-9-6-3)58-77-68-66(65(75)64(74)62(57-70)78-68)79-63(73)56-53-50-47-44-41-37-23-20-17-14-11-8-5-2/h8,11,14,16-17,19-20,23-25,27-28,51,54,59-62,64-66,68,70-72,74-75H,4-7,9-10,12-13,15,18,21-22,26,29-50,52-53,55-58H2,1-3H3,(H,69,76)/b11-8+,17-14+,19-16-,23-20-,25-24-,28-27-,54-51+. The SMILES string of the molecule is CC/C=C/C=C/C=C\CCCCCCCC(=O)OC1C(OCC(NC(=O)C(O)CCCCCCCCCCCCCCC/C=C\C/C=C\C/C=C\CCCCC)C(O)/C=C/CCCCCCCCCCC)OC(CO)C(O)C1O. The van der Waals surface area contributed by atoms with Gasteiger partial charge in [-0.2, -0.15) is 0 Å². The van der Waals surface area contributed by atoms with E-state index in [2.05, 4.69) is 80.8 Å². The first-order chi connectivity index (χ1) is 38.7. The zero-order valence-corrected chi connectivity index (χ0v) is 50.5. The summed E-state index contributed by atoms with van der Waals surface area (Å²) in [6.07, 6.45) is 62.1. The maximum atomic E-state index is 13.4. The summed E-state index contributed by atoms with van der Waals surface area (Å²) in [5, 5.41) is 57.0. The molecule has 1 aliphatic rings. The van der Waals surface area contributed by atoms with Gasteiger partial charge in [-0.05, 0) is 83.5 Å². The minimum Gasteiger partial charge on any atom is -0.454 e. The number of aliphatic hydroxyl groups excluding tert-OH is 5. The van der Waals surface area contributed by atoms with Crippen LogP contribution >= 0.6 is 0 Å². The van der Waals surface area contributed by atoms with Gasteiger partial charge in [-0.25, -0.2) is 0 Å². The first-order valence-corrected chi connectivity index (χ1v) is 32.4. The van der Waals surface area contributed by atoms with Crippen LogP contribution in [0, 0.1) is 0 Å². The van der Waals surface area contributed by atoms with Crippen molar-refractivity contribution < 1.29 is 49.3 Å². The third-order valence-electron chi connectivity index (χ3n) is 14.8. The second-order valence-electron chi connectivity index (χ2n) is 22.2. The highest BCUT2D eigenvalue weighted by Gasteiger charge is 2.47. The molecule has 0 aromatic rings. The second kappa shape index (κ2) is 55.4. The molecule has 79 heavy (non-hydrogen) atoms. The molecule has 11 nitrogen and oxygen atoms in total. The van der Waals surface area contributed by atoms with Gasteiger partial charge in [0.2, 0.25) is 5.91 Å². The molecular formula is C68H119NO10. The maximum absolute atomic E-state index is 13.4. The third kappa shape index (κ3) is 43.2. The van der Waals surface area contributed by atoms with Crippen molar-refractivity contribution in [1.82, 2.24) is 5.32 Å². The molecule has 0 bridgehead atoms. The number of ether oxygens (including phenoxy) is 3. The molecule has 8 unspecified atom stereocenters. The zero-order chi connectivity index (χ0) is 57.5. The van der Waals surface area contributed by atoms with Gasteiger partial charge in [0.25, 0.3) is 0 Å². The molecule has 456 valence electrons. The quantitative estimate of drug-likeness (QED) is 0.0149. The fourth-order valence-corrected chi connectivity index (χ4v) is 9.72. The van der Waals surface area contributed by atoms with Gasteiger partial charge >= 0.3 is 5.97 Å². The van der Waals surface area contributed by atoms with Crippen LogP contribution in [0.4, 0.5) is 0 Å². The highest BCUT2D eigenvalue weighted by atomic mass is 16.7. The molecule has 6 N–H and O–H groups in total. The molecule has 0 aromatic heterocycles. The van der Waals surface area contributed by atoms with Crippen LogP contribution in [-0.4, -0.2) is 99.6 Å². The Morgan fingerprint density at radius 2 is 0.962 bits per heavy atom. The number of unbranched alkanes of at least 4 members (excludes halogenated alkanes) is 30. The number of nitrogens with one attached hydrogen (secondary N) is 1. The Morgan fingerprint density at radius 3 is 1.49 bits per heavy atom. The van der Waals surface area contributed by atoms with E-state index < -0.39 is 67.4 Å². The van der Waals surface area contributed by atoms with Crippen molar-refractivity contribution >= 4 is 11.9 Å². The summed E-state index contributed by atoms with van der Waals surface area (Å²) in [5.41, 5.74) is 0. The monoisotopic (exact) mass is 1110 g/mol. The molecule has 1 fully saturated rings. The molecule has 8 atom stereocenters. The zero-order valence-electron chi connectivity index (χ0n) is 50.5. The minimum atomic E-state index is -1.62. The van der Waals surface area contributed by atoms with E-state index >= 15 is 0 Å². The van der Waals surface area contributed by atoms with E-state index in [1.165, 1.54) is 135 Å². The number of carbonyl (C=O) groups excluding carboxylic acids is 2. The molecule has 0 aromatic carbocycles. The van der Waals surface area contributed by atoms with Crippen LogP contribution < -0.4 is 5.32 Å². The Kier molecular flexibility index (Phi) is 51.8. The molecule has 0 aliphatic carbocycles. The van der Waals surface area contributed by atoms with Gasteiger partial charge in [0.15, 0.2) is 12.4 Å². The Bertz CT molecular complexity index is 1610. The average Bonchev–Trinajstić information content (AvgIpc) is 3.47. The molecule has 1 amide bonds. The number of esters is 1. The van der Waals surface area contributed by atoms with Crippen molar-refractivity contribution in [2.24, 2.45) is 0 Å². The van der Waals surface area contributed by atoms with Crippen molar-refractivity contribution in [2.75, 3.05) is 13.2 Å². The van der Waals surface area contributed by atoms with Gasteiger partial charge in [0, 0.05) is 6.42 Å². The van der Waals surface area contributed by atoms with Crippen LogP contribution in [0.25, 0.3) is 0 Å². The molecule has 0 saturated carbocycles. The summed E-state index contributed by atoms with van der Waals surface area (Å²) in [4.78, 5) is 26.5. The van der Waals surface area contributed by atoms with Crippen molar-refractivity contribution in [3.8, 4) is 0 Å². The van der Waals surface area contributed by atoms with Gasteiger partial charge in [-0.15, -0.1) is 0 Å². The fourth-order valence-electron chi connectivity index (χ4n) is 9.72. The molecule has 1 saturated heterocycles. The molecule has 0 radical (unpaired) electrons. The molecule has 1 rings (SSSR count). The molecule has 1 heterocycles. The lowest BCUT2D eigenvalue weighted by molar-refractivity contribution is -0.305. The van der Waals surface area contributed by atoms with Crippen LogP contribution in [0.2, 0.25) is 0 Å². The first kappa shape index (κ1) is 73.9. The Hall–Kier alpha value is -3.16. The van der Waals surface area contributed by atoms with E-state index in [-0.39, 0.29) is 19.4 Å². The number of carbonyl (C=O) groups is 2. The predicted octanol–water partition coefficient (Wildman–Crippen LogP) is 15.7. The summed E-state index contributed by atoms with van der Waals surface area (Å²) < 4.78 is 17.6. The van der Waals surface area contributed by atoms with Crippen molar-refractivity contribution in [3.63, 3.8) is 0 Å².